The lowest BCUT2D eigenvalue weighted by Gasteiger charge is -2.28. The monoisotopic (exact) mass is 467 g/mol. The minimum absolute atomic E-state index is 0.0811. The van der Waals surface area contributed by atoms with Crippen LogP contribution >= 0.6 is 11.3 Å². The second kappa shape index (κ2) is 10.2. The molecule has 0 radical (unpaired) electrons. The van der Waals surface area contributed by atoms with Crippen LogP contribution in [0.3, 0.4) is 0 Å². The van der Waals surface area contributed by atoms with E-state index < -0.39 is 23.4 Å². The molecule has 1 aliphatic heterocycles. The van der Waals surface area contributed by atoms with E-state index in [1.165, 1.54) is 35.6 Å². The molecule has 4 rings (SSSR count). The Morgan fingerprint density at radius 3 is 2.45 bits per heavy atom. The molecule has 0 saturated carbocycles. The summed E-state index contributed by atoms with van der Waals surface area (Å²) < 4.78 is 10.7. The fourth-order valence-corrected chi connectivity index (χ4v) is 4.50. The quantitative estimate of drug-likeness (QED) is 0.318. The number of carbonyl (C=O) groups is 2. The summed E-state index contributed by atoms with van der Waals surface area (Å²) in [5, 5.41) is 14.2. The molecule has 1 N–H and O–H groups in total. The van der Waals surface area contributed by atoms with Gasteiger partial charge in [-0.1, -0.05) is 30.3 Å². The number of rotatable bonds is 7. The van der Waals surface area contributed by atoms with Crippen LogP contribution in [0.1, 0.15) is 9.67 Å². The molecule has 0 atom stereocenters. The molecular formula is C23H21N3O6S. The van der Waals surface area contributed by atoms with Gasteiger partial charge in [0.25, 0.3) is 11.6 Å². The van der Waals surface area contributed by atoms with Crippen LogP contribution in [0, 0.1) is 10.1 Å². The number of benzene rings is 2. The summed E-state index contributed by atoms with van der Waals surface area (Å²) in [6.07, 6.45) is 0. The van der Waals surface area contributed by atoms with Crippen LogP contribution in [0.25, 0.3) is 11.1 Å². The molecule has 170 valence electrons. The first kappa shape index (κ1) is 22.4. The Morgan fingerprint density at radius 2 is 1.79 bits per heavy atom. The van der Waals surface area contributed by atoms with E-state index in [2.05, 4.69) is 10.2 Å². The summed E-state index contributed by atoms with van der Waals surface area (Å²) in [7, 11) is 0. The topological polar surface area (TPSA) is 111 Å². The number of nitro benzene ring substituents is 1. The molecule has 3 aromatic rings. The largest absolute Gasteiger partial charge is 0.451 e. The van der Waals surface area contributed by atoms with E-state index in [9.17, 15) is 19.7 Å². The number of amides is 1. The molecule has 9 nitrogen and oxygen atoms in total. The van der Waals surface area contributed by atoms with Gasteiger partial charge in [-0.25, -0.2) is 4.79 Å². The first-order chi connectivity index (χ1) is 16.0. The van der Waals surface area contributed by atoms with Gasteiger partial charge in [0, 0.05) is 36.5 Å². The summed E-state index contributed by atoms with van der Waals surface area (Å²) in [6.45, 7) is 2.23. The van der Waals surface area contributed by atoms with Crippen molar-refractivity contribution in [2.45, 2.75) is 0 Å². The molecule has 1 aliphatic rings. The average molecular weight is 468 g/mol. The Kier molecular flexibility index (Phi) is 6.96. The average Bonchev–Trinajstić information content (AvgIpc) is 3.30. The van der Waals surface area contributed by atoms with E-state index in [1.54, 1.807) is 6.07 Å². The van der Waals surface area contributed by atoms with Gasteiger partial charge in [0.1, 0.15) is 4.88 Å². The highest BCUT2D eigenvalue weighted by Gasteiger charge is 2.23. The number of hydrogen-bond acceptors (Lipinski definition) is 8. The predicted octanol–water partition coefficient (Wildman–Crippen LogP) is 3.96. The number of morpholine rings is 1. The Bertz CT molecular complexity index is 1140. The van der Waals surface area contributed by atoms with Crippen molar-refractivity contribution in [3.05, 3.63) is 75.7 Å². The van der Waals surface area contributed by atoms with Crippen molar-refractivity contribution in [1.29, 1.82) is 0 Å². The van der Waals surface area contributed by atoms with Crippen molar-refractivity contribution < 1.29 is 24.0 Å². The highest BCUT2D eigenvalue weighted by molar-refractivity contribution is 7.18. The Morgan fingerprint density at radius 1 is 1.09 bits per heavy atom. The van der Waals surface area contributed by atoms with Crippen molar-refractivity contribution in [2.24, 2.45) is 0 Å². The third kappa shape index (κ3) is 5.54. The molecule has 0 unspecified atom stereocenters. The zero-order valence-corrected chi connectivity index (χ0v) is 18.4. The number of ether oxygens (including phenoxy) is 2. The summed E-state index contributed by atoms with van der Waals surface area (Å²) in [4.78, 5) is 37.6. The van der Waals surface area contributed by atoms with Gasteiger partial charge in [-0.15, -0.1) is 11.3 Å². The molecule has 1 amide bonds. The van der Waals surface area contributed by atoms with Crippen molar-refractivity contribution in [1.82, 2.24) is 0 Å². The number of anilines is 2. The van der Waals surface area contributed by atoms with Crippen molar-refractivity contribution >= 4 is 39.6 Å². The number of non-ortho nitro benzene ring substituents is 1. The molecular weight excluding hydrogens is 446 g/mol. The Hall–Kier alpha value is -3.76. The zero-order chi connectivity index (χ0) is 23.2. The fraction of sp³-hybridized carbons (Fsp3) is 0.217. The molecule has 0 bridgehead atoms. The molecule has 1 aromatic heterocycles. The van der Waals surface area contributed by atoms with Gasteiger partial charge in [-0.05, 0) is 23.8 Å². The highest BCUT2D eigenvalue weighted by Crippen LogP contribution is 2.39. The Labute approximate surface area is 193 Å². The second-order valence-electron chi connectivity index (χ2n) is 7.22. The molecule has 2 heterocycles. The lowest BCUT2D eigenvalue weighted by atomic mass is 10.1. The van der Waals surface area contributed by atoms with E-state index in [4.69, 9.17) is 9.47 Å². The van der Waals surface area contributed by atoms with Crippen LogP contribution in [0.2, 0.25) is 0 Å². The summed E-state index contributed by atoms with van der Waals surface area (Å²) in [6, 6.07) is 17.0. The molecule has 2 aromatic carbocycles. The van der Waals surface area contributed by atoms with Gasteiger partial charge in [0.05, 0.1) is 23.1 Å². The SMILES string of the molecule is O=C(COC(=O)c1cc(-c2ccccc2)c(N2CCOCC2)s1)Nc1ccc([N+](=O)[O-])cc1. The van der Waals surface area contributed by atoms with Crippen molar-refractivity contribution in [2.75, 3.05) is 43.1 Å². The maximum Gasteiger partial charge on any atom is 0.348 e. The third-order valence-electron chi connectivity index (χ3n) is 4.99. The van der Waals surface area contributed by atoms with Gasteiger partial charge in [0.2, 0.25) is 0 Å². The lowest BCUT2D eigenvalue weighted by molar-refractivity contribution is -0.384. The maximum atomic E-state index is 12.7. The van der Waals surface area contributed by atoms with Crippen LogP contribution in [-0.4, -0.2) is 49.7 Å². The van der Waals surface area contributed by atoms with E-state index in [1.807, 2.05) is 30.3 Å². The van der Waals surface area contributed by atoms with Crippen LogP contribution in [0.5, 0.6) is 0 Å². The van der Waals surface area contributed by atoms with Crippen molar-refractivity contribution in [3.63, 3.8) is 0 Å². The number of hydrogen-bond donors (Lipinski definition) is 1. The van der Waals surface area contributed by atoms with E-state index in [-0.39, 0.29) is 5.69 Å². The predicted molar refractivity (Wildman–Crippen MR) is 125 cm³/mol. The minimum Gasteiger partial charge on any atom is -0.451 e. The van der Waals surface area contributed by atoms with E-state index >= 15 is 0 Å². The van der Waals surface area contributed by atoms with Crippen LogP contribution in [0.4, 0.5) is 16.4 Å². The molecule has 1 fully saturated rings. The van der Waals surface area contributed by atoms with Crippen molar-refractivity contribution in [3.8, 4) is 11.1 Å². The van der Waals surface area contributed by atoms with Gasteiger partial charge in [0.15, 0.2) is 6.61 Å². The summed E-state index contributed by atoms with van der Waals surface area (Å²) >= 11 is 1.33. The maximum absolute atomic E-state index is 12.7. The fourth-order valence-electron chi connectivity index (χ4n) is 3.37. The number of nitro groups is 1. The molecule has 1 saturated heterocycles. The summed E-state index contributed by atoms with van der Waals surface area (Å²) in [5.74, 6) is -1.12. The molecule has 33 heavy (non-hydrogen) atoms. The van der Waals surface area contributed by atoms with Gasteiger partial charge in [-0.3, -0.25) is 14.9 Å². The van der Waals surface area contributed by atoms with Gasteiger partial charge < -0.3 is 19.7 Å². The number of nitrogens with one attached hydrogen (secondary N) is 1. The van der Waals surface area contributed by atoms with Crippen LogP contribution in [0.15, 0.2) is 60.7 Å². The first-order valence-corrected chi connectivity index (χ1v) is 11.1. The molecule has 10 heteroatoms. The van der Waals surface area contributed by atoms with E-state index in [0.717, 1.165) is 29.2 Å². The summed E-state index contributed by atoms with van der Waals surface area (Å²) in [5.41, 5.74) is 2.22. The highest BCUT2D eigenvalue weighted by atomic mass is 32.1. The number of carbonyl (C=O) groups excluding carboxylic acids is 2. The standard InChI is InChI=1S/C23H21N3O6S/c27-21(24-17-6-8-18(9-7-17)26(29)30)15-32-23(28)20-14-19(16-4-2-1-3-5-16)22(33-20)25-10-12-31-13-11-25/h1-9,14H,10-13,15H2,(H,24,27). The number of esters is 1. The van der Waals surface area contributed by atoms with Gasteiger partial charge in [-0.2, -0.15) is 0 Å². The number of nitrogens with zero attached hydrogens (tertiary/aromatic N) is 2. The first-order valence-electron chi connectivity index (χ1n) is 10.2. The minimum atomic E-state index is -0.587. The van der Waals surface area contributed by atoms with Gasteiger partial charge >= 0.3 is 5.97 Å². The van der Waals surface area contributed by atoms with Crippen LogP contribution in [-0.2, 0) is 14.3 Å². The zero-order valence-electron chi connectivity index (χ0n) is 17.6. The second-order valence-corrected chi connectivity index (χ2v) is 8.25. The van der Waals surface area contributed by atoms with Crippen LogP contribution < -0.4 is 10.2 Å². The Balaban J connectivity index is 1.43. The molecule has 0 aliphatic carbocycles. The normalized spacial score (nSPS) is 13.4. The molecule has 0 spiro atoms. The lowest BCUT2D eigenvalue weighted by Crippen LogP contribution is -2.35. The smallest absolute Gasteiger partial charge is 0.348 e. The van der Waals surface area contributed by atoms with E-state index in [0.29, 0.717) is 23.8 Å². The number of thiophene rings is 1. The third-order valence-corrected chi connectivity index (χ3v) is 6.17.